The van der Waals surface area contributed by atoms with Crippen LogP contribution in [-0.4, -0.2) is 25.6 Å². The molecule has 0 aliphatic carbocycles. The molecule has 1 aliphatic heterocycles. The van der Waals surface area contributed by atoms with Crippen LogP contribution < -0.4 is 10.6 Å². The molecule has 4 heteroatoms. The fourth-order valence-corrected chi connectivity index (χ4v) is 2.30. The van der Waals surface area contributed by atoms with Crippen molar-refractivity contribution in [3.63, 3.8) is 0 Å². The van der Waals surface area contributed by atoms with E-state index in [0.717, 1.165) is 18.5 Å². The summed E-state index contributed by atoms with van der Waals surface area (Å²) in [6, 6.07) is 8.11. The first-order valence-electron chi connectivity index (χ1n) is 6.61. The molecule has 1 aromatic rings. The number of hydrogen-bond acceptors (Lipinski definition) is 3. The molecule has 0 spiro atoms. The van der Waals surface area contributed by atoms with E-state index in [9.17, 15) is 4.79 Å². The van der Waals surface area contributed by atoms with Gasteiger partial charge in [-0.25, -0.2) is 0 Å². The molecule has 19 heavy (non-hydrogen) atoms. The summed E-state index contributed by atoms with van der Waals surface area (Å²) >= 11 is 0. The fraction of sp³-hybridized carbons (Fsp3) is 0.400. The van der Waals surface area contributed by atoms with Gasteiger partial charge in [0.05, 0.1) is 18.8 Å². The van der Waals surface area contributed by atoms with Crippen LogP contribution >= 0.6 is 0 Å². The van der Waals surface area contributed by atoms with Crippen molar-refractivity contribution >= 4 is 5.91 Å². The largest absolute Gasteiger partial charge is 0.502 e. The first-order valence-corrected chi connectivity index (χ1v) is 6.61. The SMILES string of the molecule is C=COCCCNC(=O)C1CNCc2ccccc21. The van der Waals surface area contributed by atoms with E-state index in [0.29, 0.717) is 19.7 Å². The number of ether oxygens (including phenoxy) is 1. The van der Waals surface area contributed by atoms with Crippen LogP contribution in [0.15, 0.2) is 37.1 Å². The van der Waals surface area contributed by atoms with Gasteiger partial charge in [-0.1, -0.05) is 30.8 Å². The predicted octanol–water partition coefficient (Wildman–Crippen LogP) is 1.54. The monoisotopic (exact) mass is 260 g/mol. The molecule has 1 amide bonds. The first kappa shape index (κ1) is 13.6. The minimum absolute atomic E-state index is 0.0817. The van der Waals surface area contributed by atoms with Crippen molar-refractivity contribution in [2.45, 2.75) is 18.9 Å². The van der Waals surface area contributed by atoms with Crippen LogP contribution in [-0.2, 0) is 16.1 Å². The fourth-order valence-electron chi connectivity index (χ4n) is 2.30. The van der Waals surface area contributed by atoms with Gasteiger partial charge in [0, 0.05) is 19.6 Å². The molecule has 4 nitrogen and oxygen atoms in total. The lowest BCUT2D eigenvalue weighted by Crippen LogP contribution is -2.39. The van der Waals surface area contributed by atoms with Crippen LogP contribution in [0.5, 0.6) is 0 Å². The Kier molecular flexibility index (Phi) is 4.98. The second-order valence-corrected chi connectivity index (χ2v) is 4.56. The third-order valence-electron chi connectivity index (χ3n) is 3.27. The van der Waals surface area contributed by atoms with Gasteiger partial charge in [0.15, 0.2) is 0 Å². The number of benzene rings is 1. The summed E-state index contributed by atoms with van der Waals surface area (Å²) in [5.41, 5.74) is 2.35. The zero-order valence-electron chi connectivity index (χ0n) is 11.0. The number of amides is 1. The van der Waals surface area contributed by atoms with Crippen LogP contribution in [0.4, 0.5) is 0 Å². The lowest BCUT2D eigenvalue weighted by Gasteiger charge is -2.25. The summed E-state index contributed by atoms with van der Waals surface area (Å²) in [6.07, 6.45) is 2.21. The van der Waals surface area contributed by atoms with E-state index in [-0.39, 0.29) is 11.8 Å². The van der Waals surface area contributed by atoms with Crippen LogP contribution in [0.1, 0.15) is 23.5 Å². The van der Waals surface area contributed by atoms with Gasteiger partial charge in [-0.2, -0.15) is 0 Å². The molecule has 0 aromatic heterocycles. The molecule has 0 radical (unpaired) electrons. The molecule has 0 saturated heterocycles. The highest BCUT2D eigenvalue weighted by atomic mass is 16.5. The Labute approximate surface area is 113 Å². The Balaban J connectivity index is 1.88. The molecule has 1 unspecified atom stereocenters. The lowest BCUT2D eigenvalue weighted by molar-refractivity contribution is -0.122. The van der Waals surface area contributed by atoms with Crippen molar-refractivity contribution in [1.82, 2.24) is 10.6 Å². The average molecular weight is 260 g/mol. The number of nitrogens with one attached hydrogen (secondary N) is 2. The molecule has 0 bridgehead atoms. The third-order valence-corrected chi connectivity index (χ3v) is 3.27. The van der Waals surface area contributed by atoms with E-state index in [1.165, 1.54) is 11.8 Å². The van der Waals surface area contributed by atoms with Crippen LogP contribution in [0.25, 0.3) is 0 Å². The summed E-state index contributed by atoms with van der Waals surface area (Å²) < 4.78 is 5.02. The number of carbonyl (C=O) groups is 1. The summed E-state index contributed by atoms with van der Waals surface area (Å²) in [6.45, 7) is 6.23. The van der Waals surface area contributed by atoms with Gasteiger partial charge in [0.1, 0.15) is 0 Å². The van der Waals surface area contributed by atoms with Gasteiger partial charge in [0.25, 0.3) is 0 Å². The summed E-state index contributed by atoms with van der Waals surface area (Å²) in [7, 11) is 0. The zero-order valence-corrected chi connectivity index (χ0v) is 11.0. The highest BCUT2D eigenvalue weighted by molar-refractivity contribution is 5.84. The summed E-state index contributed by atoms with van der Waals surface area (Å²) in [5.74, 6) is -0.0106. The van der Waals surface area contributed by atoms with Crippen LogP contribution in [0, 0.1) is 0 Å². The predicted molar refractivity (Wildman–Crippen MR) is 74.7 cm³/mol. The van der Waals surface area contributed by atoms with Crippen LogP contribution in [0.3, 0.4) is 0 Å². The van der Waals surface area contributed by atoms with Crippen molar-refractivity contribution in [2.75, 3.05) is 19.7 Å². The van der Waals surface area contributed by atoms with E-state index in [1.807, 2.05) is 18.2 Å². The van der Waals surface area contributed by atoms with Gasteiger partial charge >= 0.3 is 0 Å². The molecule has 2 N–H and O–H groups in total. The van der Waals surface area contributed by atoms with Gasteiger partial charge in [-0.15, -0.1) is 0 Å². The average Bonchev–Trinajstić information content (AvgIpc) is 2.46. The quantitative estimate of drug-likeness (QED) is 0.602. The summed E-state index contributed by atoms with van der Waals surface area (Å²) in [5, 5.41) is 6.24. The van der Waals surface area contributed by atoms with Gasteiger partial charge in [0.2, 0.25) is 5.91 Å². The molecular formula is C15H20N2O2. The standard InChI is InChI=1S/C15H20N2O2/c1-2-19-9-5-8-17-15(18)14-11-16-10-12-6-3-4-7-13(12)14/h2-4,6-7,14,16H,1,5,8-11H2,(H,17,18). The van der Waals surface area contributed by atoms with E-state index in [2.05, 4.69) is 23.3 Å². The highest BCUT2D eigenvalue weighted by Gasteiger charge is 2.25. The minimum atomic E-state index is -0.0923. The Morgan fingerprint density at radius 1 is 1.53 bits per heavy atom. The molecule has 1 atom stereocenters. The second-order valence-electron chi connectivity index (χ2n) is 4.56. The van der Waals surface area contributed by atoms with Crippen molar-refractivity contribution in [3.8, 4) is 0 Å². The van der Waals surface area contributed by atoms with E-state index < -0.39 is 0 Å². The number of carbonyl (C=O) groups excluding carboxylic acids is 1. The molecule has 0 saturated carbocycles. The molecule has 1 heterocycles. The molecule has 0 fully saturated rings. The molecule has 102 valence electrons. The Morgan fingerprint density at radius 3 is 3.21 bits per heavy atom. The third kappa shape index (κ3) is 3.58. The molecule has 1 aromatic carbocycles. The molecule has 1 aliphatic rings. The Hall–Kier alpha value is -1.81. The van der Waals surface area contributed by atoms with Gasteiger partial charge < -0.3 is 15.4 Å². The maximum Gasteiger partial charge on any atom is 0.228 e. The topological polar surface area (TPSA) is 50.4 Å². The maximum atomic E-state index is 12.2. The molecule has 2 rings (SSSR count). The van der Waals surface area contributed by atoms with Crippen molar-refractivity contribution < 1.29 is 9.53 Å². The Morgan fingerprint density at radius 2 is 2.37 bits per heavy atom. The van der Waals surface area contributed by atoms with Crippen molar-refractivity contribution in [3.05, 3.63) is 48.2 Å². The number of rotatable bonds is 6. The summed E-state index contributed by atoms with van der Waals surface area (Å²) in [4.78, 5) is 12.2. The smallest absolute Gasteiger partial charge is 0.228 e. The molecular weight excluding hydrogens is 240 g/mol. The highest BCUT2D eigenvalue weighted by Crippen LogP contribution is 2.23. The number of hydrogen-bond donors (Lipinski definition) is 2. The van der Waals surface area contributed by atoms with Crippen LogP contribution in [0.2, 0.25) is 0 Å². The lowest BCUT2D eigenvalue weighted by atomic mass is 9.90. The first-order chi connectivity index (χ1) is 9.33. The number of fused-ring (bicyclic) bond motifs is 1. The normalized spacial score (nSPS) is 17.4. The Bertz CT molecular complexity index is 446. The van der Waals surface area contributed by atoms with Crippen molar-refractivity contribution in [2.24, 2.45) is 0 Å². The van der Waals surface area contributed by atoms with E-state index in [1.54, 1.807) is 0 Å². The van der Waals surface area contributed by atoms with Crippen molar-refractivity contribution in [1.29, 1.82) is 0 Å². The second kappa shape index (κ2) is 6.95. The van der Waals surface area contributed by atoms with Gasteiger partial charge in [-0.05, 0) is 17.5 Å². The minimum Gasteiger partial charge on any atom is -0.502 e. The zero-order chi connectivity index (χ0) is 13.5. The van der Waals surface area contributed by atoms with E-state index in [4.69, 9.17) is 4.74 Å². The van der Waals surface area contributed by atoms with E-state index >= 15 is 0 Å². The maximum absolute atomic E-state index is 12.2. The van der Waals surface area contributed by atoms with Gasteiger partial charge in [-0.3, -0.25) is 4.79 Å².